The number of amides is 1. The highest BCUT2D eigenvalue weighted by atomic mass is 16.5. The fourth-order valence-electron chi connectivity index (χ4n) is 2.74. The highest BCUT2D eigenvalue weighted by molar-refractivity contribution is 6.06. The van der Waals surface area contributed by atoms with Gasteiger partial charge in [0.15, 0.2) is 0 Å². The molecule has 0 fully saturated rings. The molecule has 0 aliphatic heterocycles. The smallest absolute Gasteiger partial charge is 0.338 e. The van der Waals surface area contributed by atoms with Gasteiger partial charge >= 0.3 is 5.97 Å². The number of benzene rings is 2. The van der Waals surface area contributed by atoms with E-state index in [1.54, 1.807) is 48.9 Å². The van der Waals surface area contributed by atoms with Crippen molar-refractivity contribution in [3.05, 3.63) is 76.1 Å². The number of esters is 1. The number of nitrogens with one attached hydrogen (secondary N) is 1. The summed E-state index contributed by atoms with van der Waals surface area (Å²) in [6.45, 7) is 1.99. The number of fused-ring (bicyclic) bond motifs is 1. The monoisotopic (exact) mass is 350 g/mol. The molecule has 1 heterocycles. The van der Waals surface area contributed by atoms with Crippen LogP contribution in [0.15, 0.2) is 59.5 Å². The van der Waals surface area contributed by atoms with Crippen LogP contribution < -0.4 is 10.7 Å². The molecule has 0 bridgehead atoms. The fraction of sp³-hybridized carbons (Fsp3) is 0.150. The molecule has 132 valence electrons. The summed E-state index contributed by atoms with van der Waals surface area (Å²) in [6.07, 6.45) is 1.51. The van der Waals surface area contributed by atoms with Crippen LogP contribution in [0, 0.1) is 0 Å². The van der Waals surface area contributed by atoms with Crippen LogP contribution >= 0.6 is 0 Å². The molecule has 0 aliphatic carbocycles. The zero-order chi connectivity index (χ0) is 18.7. The number of nitrogens with zero attached hydrogens (tertiary/aromatic N) is 1. The first kappa shape index (κ1) is 17.4. The molecule has 3 rings (SSSR count). The molecule has 1 aromatic heterocycles. The van der Waals surface area contributed by atoms with Gasteiger partial charge in [0, 0.05) is 24.3 Å². The number of aromatic nitrogens is 1. The van der Waals surface area contributed by atoms with E-state index >= 15 is 0 Å². The number of carbonyl (C=O) groups is 2. The van der Waals surface area contributed by atoms with Crippen LogP contribution in [-0.4, -0.2) is 23.1 Å². The van der Waals surface area contributed by atoms with E-state index in [0.717, 1.165) is 5.52 Å². The average molecular weight is 350 g/mol. The number of aryl methyl sites for hydroxylation is 1. The predicted molar refractivity (Wildman–Crippen MR) is 99.5 cm³/mol. The number of rotatable bonds is 4. The number of anilines is 1. The number of hydrogen-bond donors (Lipinski definition) is 1. The second-order valence-electron chi connectivity index (χ2n) is 5.76. The molecule has 3 aromatic rings. The van der Waals surface area contributed by atoms with Crippen LogP contribution in [0.5, 0.6) is 0 Å². The van der Waals surface area contributed by atoms with Gasteiger partial charge in [-0.25, -0.2) is 4.79 Å². The molecular formula is C20H18N2O4. The molecule has 2 aromatic carbocycles. The van der Waals surface area contributed by atoms with E-state index in [1.165, 1.54) is 12.3 Å². The largest absolute Gasteiger partial charge is 0.462 e. The SMILES string of the molecule is CCOC(=O)c1cccc(NC(=O)c2cn(C)c3ccccc3c2=O)c1. The third-order valence-electron chi connectivity index (χ3n) is 3.97. The van der Waals surface area contributed by atoms with Crippen molar-refractivity contribution in [2.24, 2.45) is 7.05 Å². The van der Waals surface area contributed by atoms with Gasteiger partial charge in [0.25, 0.3) is 5.91 Å². The maximum absolute atomic E-state index is 12.6. The van der Waals surface area contributed by atoms with E-state index in [9.17, 15) is 14.4 Å². The van der Waals surface area contributed by atoms with Gasteiger partial charge < -0.3 is 14.6 Å². The Morgan fingerprint density at radius 1 is 1.12 bits per heavy atom. The van der Waals surface area contributed by atoms with E-state index in [1.807, 2.05) is 12.1 Å². The molecular weight excluding hydrogens is 332 g/mol. The first-order chi connectivity index (χ1) is 12.5. The Balaban J connectivity index is 1.93. The number of carbonyl (C=O) groups excluding carboxylic acids is 2. The summed E-state index contributed by atoms with van der Waals surface area (Å²) in [5.74, 6) is -0.998. The van der Waals surface area contributed by atoms with Gasteiger partial charge in [-0.05, 0) is 37.3 Å². The van der Waals surface area contributed by atoms with Crippen LogP contribution in [0.1, 0.15) is 27.6 Å². The van der Waals surface area contributed by atoms with Gasteiger partial charge in [-0.2, -0.15) is 0 Å². The minimum atomic E-state index is -0.530. The number of hydrogen-bond acceptors (Lipinski definition) is 4. The van der Waals surface area contributed by atoms with Gasteiger partial charge in [-0.3, -0.25) is 9.59 Å². The Hall–Kier alpha value is -3.41. The van der Waals surface area contributed by atoms with Crippen LogP contribution in [0.4, 0.5) is 5.69 Å². The van der Waals surface area contributed by atoms with E-state index in [0.29, 0.717) is 16.6 Å². The lowest BCUT2D eigenvalue weighted by Gasteiger charge is -2.10. The van der Waals surface area contributed by atoms with Crippen molar-refractivity contribution >= 4 is 28.5 Å². The van der Waals surface area contributed by atoms with E-state index < -0.39 is 11.9 Å². The normalized spacial score (nSPS) is 10.5. The zero-order valence-corrected chi connectivity index (χ0v) is 14.5. The molecule has 0 spiro atoms. The van der Waals surface area contributed by atoms with Gasteiger partial charge in [0.1, 0.15) is 5.56 Å². The molecule has 1 amide bonds. The lowest BCUT2D eigenvalue weighted by molar-refractivity contribution is 0.0526. The lowest BCUT2D eigenvalue weighted by atomic mass is 10.1. The minimum Gasteiger partial charge on any atom is -0.462 e. The number of pyridine rings is 1. The summed E-state index contributed by atoms with van der Waals surface area (Å²) < 4.78 is 6.69. The molecule has 6 nitrogen and oxygen atoms in total. The van der Waals surface area contributed by atoms with Crippen molar-refractivity contribution in [1.82, 2.24) is 4.57 Å². The molecule has 6 heteroatoms. The Bertz CT molecular complexity index is 1050. The highest BCUT2D eigenvalue weighted by Gasteiger charge is 2.15. The summed E-state index contributed by atoms with van der Waals surface area (Å²) >= 11 is 0. The van der Waals surface area contributed by atoms with Gasteiger partial charge in [-0.15, -0.1) is 0 Å². The Morgan fingerprint density at radius 2 is 1.88 bits per heavy atom. The minimum absolute atomic E-state index is 0.0349. The van der Waals surface area contributed by atoms with Crippen molar-refractivity contribution in [3.63, 3.8) is 0 Å². The first-order valence-electron chi connectivity index (χ1n) is 8.18. The highest BCUT2D eigenvalue weighted by Crippen LogP contribution is 2.14. The van der Waals surface area contributed by atoms with Crippen LogP contribution in [-0.2, 0) is 11.8 Å². The second kappa shape index (κ2) is 7.23. The third-order valence-corrected chi connectivity index (χ3v) is 3.97. The summed E-state index contributed by atoms with van der Waals surface area (Å²) in [5.41, 5.74) is 1.19. The van der Waals surface area contributed by atoms with Crippen molar-refractivity contribution < 1.29 is 14.3 Å². The van der Waals surface area contributed by atoms with E-state index in [-0.39, 0.29) is 17.6 Å². The molecule has 0 atom stereocenters. The van der Waals surface area contributed by atoms with E-state index in [4.69, 9.17) is 4.74 Å². The number of ether oxygens (including phenoxy) is 1. The quantitative estimate of drug-likeness (QED) is 0.734. The maximum Gasteiger partial charge on any atom is 0.338 e. The summed E-state index contributed by atoms with van der Waals surface area (Å²) in [6, 6.07) is 13.5. The van der Waals surface area contributed by atoms with Crippen LogP contribution in [0.2, 0.25) is 0 Å². The molecule has 0 unspecified atom stereocenters. The van der Waals surface area contributed by atoms with Crippen molar-refractivity contribution in [1.29, 1.82) is 0 Å². The standard InChI is InChI=1S/C20H18N2O4/c1-3-26-20(25)13-7-6-8-14(11-13)21-19(24)16-12-22(2)17-10-5-4-9-15(17)18(16)23/h4-12H,3H2,1-2H3,(H,21,24). The van der Waals surface area contributed by atoms with Crippen molar-refractivity contribution in [2.45, 2.75) is 6.92 Å². The zero-order valence-electron chi connectivity index (χ0n) is 14.5. The van der Waals surface area contributed by atoms with Gasteiger partial charge in [0.05, 0.1) is 17.7 Å². The molecule has 0 saturated carbocycles. The molecule has 0 saturated heterocycles. The van der Waals surface area contributed by atoms with Gasteiger partial charge in [-0.1, -0.05) is 18.2 Å². The van der Waals surface area contributed by atoms with Crippen molar-refractivity contribution in [3.8, 4) is 0 Å². The topological polar surface area (TPSA) is 77.4 Å². The lowest BCUT2D eigenvalue weighted by Crippen LogP contribution is -2.23. The number of para-hydroxylation sites is 1. The summed E-state index contributed by atoms with van der Waals surface area (Å²) in [7, 11) is 1.78. The fourth-order valence-corrected chi connectivity index (χ4v) is 2.74. The molecule has 26 heavy (non-hydrogen) atoms. The molecule has 1 N–H and O–H groups in total. The third kappa shape index (κ3) is 3.35. The average Bonchev–Trinajstić information content (AvgIpc) is 2.65. The van der Waals surface area contributed by atoms with Crippen molar-refractivity contribution in [2.75, 3.05) is 11.9 Å². The summed E-state index contributed by atoms with van der Waals surface area (Å²) in [4.78, 5) is 37.0. The van der Waals surface area contributed by atoms with Crippen LogP contribution in [0.3, 0.4) is 0 Å². The van der Waals surface area contributed by atoms with Gasteiger partial charge in [0.2, 0.25) is 5.43 Å². The summed E-state index contributed by atoms with van der Waals surface area (Å²) in [5, 5.41) is 3.14. The molecule has 0 radical (unpaired) electrons. The Labute approximate surface area is 150 Å². The predicted octanol–water partition coefficient (Wildman–Crippen LogP) is 2.97. The first-order valence-corrected chi connectivity index (χ1v) is 8.18. The molecule has 0 aliphatic rings. The Morgan fingerprint density at radius 3 is 2.65 bits per heavy atom. The Kier molecular flexibility index (Phi) is 4.84. The van der Waals surface area contributed by atoms with Crippen LogP contribution in [0.25, 0.3) is 10.9 Å². The van der Waals surface area contributed by atoms with E-state index in [2.05, 4.69) is 5.32 Å². The maximum atomic E-state index is 12.6. The second-order valence-corrected chi connectivity index (χ2v) is 5.76.